The smallest absolute Gasteiger partial charge is 0.313 e. The van der Waals surface area contributed by atoms with Gasteiger partial charge in [-0.15, -0.1) is 0 Å². The Hall–Kier alpha value is -2.19. The lowest BCUT2D eigenvalue weighted by Gasteiger charge is -2.44. The Balaban J connectivity index is 2.56. The van der Waals surface area contributed by atoms with Crippen LogP contribution in [0.3, 0.4) is 0 Å². The summed E-state index contributed by atoms with van der Waals surface area (Å²) in [7, 11) is -0.631. The molecule has 1 aromatic rings. The molecule has 0 radical (unpaired) electrons. The van der Waals surface area contributed by atoms with Crippen LogP contribution < -0.4 is 0 Å². The predicted octanol–water partition coefficient (Wildman–Crippen LogP) is 7.33. The minimum Gasteiger partial charge on any atom is -0.461 e. The molecule has 42 heavy (non-hydrogen) atoms. The molecule has 1 saturated heterocycles. The van der Waals surface area contributed by atoms with E-state index in [4.69, 9.17) is 13.9 Å². The van der Waals surface area contributed by atoms with Crippen LogP contribution in [-0.2, 0) is 34.7 Å². The molecule has 0 aromatic heterocycles. The zero-order chi connectivity index (χ0) is 31.7. The van der Waals surface area contributed by atoms with Gasteiger partial charge in [0.1, 0.15) is 6.10 Å². The van der Waals surface area contributed by atoms with E-state index in [1.165, 1.54) is 0 Å². The van der Waals surface area contributed by atoms with Crippen LogP contribution in [0, 0.1) is 11.8 Å². The number of cyclic esters (lactones) is 2. The number of esters is 2. The first kappa shape index (κ1) is 36.0. The van der Waals surface area contributed by atoms with Gasteiger partial charge in [0.25, 0.3) is 5.91 Å². The first-order chi connectivity index (χ1) is 19.6. The summed E-state index contributed by atoms with van der Waals surface area (Å²) in [5.41, 5.74) is 1.03. The number of unbranched alkanes of at least 4 members (excludes halogenated alkanes) is 4. The van der Waals surface area contributed by atoms with E-state index in [1.54, 1.807) is 18.9 Å². The van der Waals surface area contributed by atoms with Crippen molar-refractivity contribution in [2.24, 2.45) is 11.8 Å². The highest BCUT2D eigenvalue weighted by Crippen LogP contribution is 2.39. The summed E-state index contributed by atoms with van der Waals surface area (Å²) in [6.45, 7) is 18.5. The predicted molar refractivity (Wildman–Crippen MR) is 171 cm³/mol. The topological polar surface area (TPSA) is 82.1 Å². The Bertz CT molecular complexity index is 1010. The maximum atomic E-state index is 14.1. The molecule has 5 atom stereocenters. The Labute approximate surface area is 256 Å². The van der Waals surface area contributed by atoms with Crippen LogP contribution in [0.5, 0.6) is 0 Å². The van der Waals surface area contributed by atoms with Crippen molar-refractivity contribution in [3.8, 4) is 0 Å². The molecule has 0 saturated carbocycles. The van der Waals surface area contributed by atoms with Crippen molar-refractivity contribution in [2.75, 3.05) is 7.05 Å². The van der Waals surface area contributed by atoms with Crippen molar-refractivity contribution in [1.29, 1.82) is 0 Å². The highest BCUT2D eigenvalue weighted by molar-refractivity contribution is 6.74. The lowest BCUT2D eigenvalue weighted by molar-refractivity contribution is -0.176. The van der Waals surface area contributed by atoms with E-state index in [0.717, 1.165) is 37.7 Å². The number of carbonyl (C=O) groups excluding carboxylic acids is 3. The van der Waals surface area contributed by atoms with Crippen LogP contribution in [0.15, 0.2) is 30.3 Å². The van der Waals surface area contributed by atoms with Gasteiger partial charge in [0, 0.05) is 7.05 Å². The Morgan fingerprint density at radius 2 is 1.62 bits per heavy atom. The lowest BCUT2D eigenvalue weighted by atomic mass is 9.95. The summed E-state index contributed by atoms with van der Waals surface area (Å²) < 4.78 is 19.0. The second-order valence-electron chi connectivity index (χ2n) is 13.9. The molecule has 0 spiro atoms. The number of amides is 1. The van der Waals surface area contributed by atoms with Crippen molar-refractivity contribution >= 4 is 26.2 Å². The normalized spacial score (nSPS) is 25.1. The average Bonchev–Trinajstić information content (AvgIpc) is 2.91. The molecule has 8 heteroatoms. The van der Waals surface area contributed by atoms with Gasteiger partial charge < -0.3 is 18.8 Å². The molecule has 1 fully saturated rings. The van der Waals surface area contributed by atoms with E-state index >= 15 is 0 Å². The highest BCUT2D eigenvalue weighted by Gasteiger charge is 2.45. The largest absolute Gasteiger partial charge is 0.461 e. The molecule has 0 N–H and O–H groups in total. The van der Waals surface area contributed by atoms with Crippen molar-refractivity contribution in [2.45, 2.75) is 142 Å². The van der Waals surface area contributed by atoms with Gasteiger partial charge in [-0.05, 0) is 55.8 Å². The summed E-state index contributed by atoms with van der Waals surface area (Å²) in [5, 5.41) is -0.105. The van der Waals surface area contributed by atoms with Gasteiger partial charge in [-0.2, -0.15) is 0 Å². The summed E-state index contributed by atoms with van der Waals surface area (Å²) in [4.78, 5) is 42.8. The van der Waals surface area contributed by atoms with Crippen LogP contribution in [0.4, 0.5) is 0 Å². The molecule has 1 amide bonds. The molecular weight excluding hydrogens is 546 g/mol. The second-order valence-corrected chi connectivity index (χ2v) is 18.7. The number of likely N-dealkylation sites (N-methyl/N-ethyl adjacent to an activating group) is 1. The maximum absolute atomic E-state index is 14.1. The first-order valence-corrected chi connectivity index (χ1v) is 18.9. The van der Waals surface area contributed by atoms with Gasteiger partial charge in [0.15, 0.2) is 14.4 Å². The molecule has 1 aliphatic rings. The molecule has 2 rings (SSSR count). The van der Waals surface area contributed by atoms with E-state index in [2.05, 4.69) is 40.8 Å². The van der Waals surface area contributed by atoms with Gasteiger partial charge in [-0.1, -0.05) is 97.6 Å². The number of carbonyl (C=O) groups is 3. The Kier molecular flexibility index (Phi) is 13.7. The fourth-order valence-electron chi connectivity index (χ4n) is 5.15. The maximum Gasteiger partial charge on any atom is 0.313 e. The Morgan fingerprint density at radius 3 is 2.19 bits per heavy atom. The summed E-state index contributed by atoms with van der Waals surface area (Å²) in [5.74, 6) is -2.10. The van der Waals surface area contributed by atoms with Crippen LogP contribution in [0.25, 0.3) is 0 Å². The molecule has 0 bridgehead atoms. The van der Waals surface area contributed by atoms with Crippen LogP contribution in [-0.4, -0.2) is 62.5 Å². The van der Waals surface area contributed by atoms with E-state index < -0.39 is 50.5 Å². The quantitative estimate of drug-likeness (QED) is 0.150. The molecular formula is C34H57NO6Si. The van der Waals surface area contributed by atoms with E-state index in [1.807, 2.05) is 44.2 Å². The third kappa shape index (κ3) is 10.2. The molecule has 1 aliphatic heterocycles. The number of benzene rings is 1. The number of nitrogens with zero attached hydrogens (tertiary/aromatic N) is 1. The molecule has 0 unspecified atom stereocenters. The van der Waals surface area contributed by atoms with Crippen molar-refractivity contribution in [3.63, 3.8) is 0 Å². The summed E-state index contributed by atoms with van der Waals surface area (Å²) >= 11 is 0. The fourth-order valence-corrected chi connectivity index (χ4v) is 6.50. The van der Waals surface area contributed by atoms with E-state index in [9.17, 15) is 14.4 Å². The molecule has 1 aromatic carbocycles. The number of hydrogen-bond acceptors (Lipinski definition) is 6. The minimum atomic E-state index is -2.37. The molecule has 238 valence electrons. The third-order valence-corrected chi connectivity index (χ3v) is 13.6. The van der Waals surface area contributed by atoms with Crippen LogP contribution >= 0.6 is 0 Å². The van der Waals surface area contributed by atoms with Gasteiger partial charge in [0.05, 0.1) is 24.5 Å². The van der Waals surface area contributed by atoms with Gasteiger partial charge in [-0.3, -0.25) is 14.4 Å². The van der Waals surface area contributed by atoms with Crippen molar-refractivity contribution in [3.05, 3.63) is 35.9 Å². The minimum absolute atomic E-state index is 0.00206. The number of hydrogen-bond donors (Lipinski definition) is 0. The van der Waals surface area contributed by atoms with Crippen LogP contribution in [0.1, 0.15) is 99.0 Å². The van der Waals surface area contributed by atoms with Gasteiger partial charge in [-0.25, -0.2) is 0 Å². The summed E-state index contributed by atoms with van der Waals surface area (Å²) in [6.07, 6.45) is 4.18. The van der Waals surface area contributed by atoms with Crippen LogP contribution in [0.2, 0.25) is 18.1 Å². The fraction of sp³-hybridized carbons (Fsp3) is 0.735. The van der Waals surface area contributed by atoms with Gasteiger partial charge >= 0.3 is 11.9 Å². The number of ether oxygens (including phenoxy) is 2. The SMILES string of the molecule is CCCCCCC[C@H]1OC(=O)C[C@@H](O[Si](C)(C)C(C)(C)C)[C@H](Cc2ccccc2)N(C)C(=O)[C@H](C(C)C)OC(=O)[C@H]1C. The van der Waals surface area contributed by atoms with Crippen molar-refractivity contribution in [1.82, 2.24) is 4.90 Å². The van der Waals surface area contributed by atoms with Gasteiger partial charge in [0.2, 0.25) is 0 Å². The lowest BCUT2D eigenvalue weighted by Crippen LogP contribution is -2.56. The monoisotopic (exact) mass is 603 g/mol. The third-order valence-electron chi connectivity index (χ3n) is 9.08. The second kappa shape index (κ2) is 16.0. The van der Waals surface area contributed by atoms with Crippen molar-refractivity contribution < 1.29 is 28.3 Å². The standard InChI is InChI=1S/C34H57NO6Si/c1-11-12-13-14-18-21-28-25(4)33(38)40-31(24(2)3)32(37)35(8)27(22-26-19-16-15-17-20-26)29(23-30(36)39-28)41-42(9,10)34(5,6)7/h15-17,19-20,24-25,27-29,31H,11-14,18,21-23H2,1-10H3/t25-,27-,28+,29+,31-/m0/s1. The Morgan fingerprint density at radius 1 is 1.00 bits per heavy atom. The molecule has 7 nitrogen and oxygen atoms in total. The first-order valence-electron chi connectivity index (χ1n) is 16.0. The average molecular weight is 604 g/mol. The van der Waals surface area contributed by atoms with E-state index in [-0.39, 0.29) is 23.3 Å². The van der Waals surface area contributed by atoms with E-state index in [0.29, 0.717) is 12.8 Å². The molecule has 1 heterocycles. The molecule has 0 aliphatic carbocycles. The number of rotatable bonds is 11. The zero-order valence-corrected chi connectivity index (χ0v) is 28.9. The summed E-state index contributed by atoms with van der Waals surface area (Å²) in [6, 6.07) is 9.47. The zero-order valence-electron chi connectivity index (χ0n) is 27.9. The highest BCUT2D eigenvalue weighted by atomic mass is 28.4.